The molecule has 0 atom stereocenters. The number of carbonyl (C=O) groups is 2. The van der Waals surface area contributed by atoms with Crippen molar-refractivity contribution in [1.82, 2.24) is 4.98 Å². The highest BCUT2D eigenvalue weighted by atomic mass is 35.5. The predicted molar refractivity (Wildman–Crippen MR) is 56.8 cm³/mol. The zero-order valence-electron chi connectivity index (χ0n) is 8.82. The van der Waals surface area contributed by atoms with Crippen LogP contribution in [0.25, 0.3) is 0 Å². The molecule has 0 aliphatic heterocycles. The zero-order chi connectivity index (χ0) is 12.1. The summed E-state index contributed by atoms with van der Waals surface area (Å²) in [6, 6.07) is 2.81. The van der Waals surface area contributed by atoms with E-state index in [0.717, 1.165) is 0 Å². The second kappa shape index (κ2) is 5.46. The standard InChI is InChI=1S/C10H10ClNO4/c1-3-16-10(14)8(13)6-4-5-7(15-2)9(11)12-6/h4-5H,3H2,1-2H3. The summed E-state index contributed by atoms with van der Waals surface area (Å²) in [5.74, 6) is -1.44. The van der Waals surface area contributed by atoms with E-state index in [1.807, 2.05) is 0 Å². The minimum atomic E-state index is -0.948. The van der Waals surface area contributed by atoms with E-state index in [0.29, 0.717) is 5.75 Å². The number of halogens is 1. The number of nitrogens with zero attached hydrogens (tertiary/aromatic N) is 1. The number of carbonyl (C=O) groups excluding carboxylic acids is 2. The first-order chi connectivity index (χ1) is 7.60. The summed E-state index contributed by atoms with van der Waals surface area (Å²) in [5.41, 5.74) is -0.0655. The normalized spacial score (nSPS) is 9.69. The van der Waals surface area contributed by atoms with Crippen LogP contribution >= 0.6 is 11.6 Å². The van der Waals surface area contributed by atoms with Crippen molar-refractivity contribution in [2.45, 2.75) is 6.92 Å². The highest BCUT2D eigenvalue weighted by molar-refractivity contribution is 6.40. The number of ketones is 1. The van der Waals surface area contributed by atoms with Crippen molar-refractivity contribution in [3.05, 3.63) is 23.0 Å². The zero-order valence-corrected chi connectivity index (χ0v) is 9.58. The minimum absolute atomic E-state index is 0.0256. The summed E-state index contributed by atoms with van der Waals surface area (Å²) < 4.78 is 9.42. The van der Waals surface area contributed by atoms with E-state index in [2.05, 4.69) is 9.72 Å². The van der Waals surface area contributed by atoms with Crippen molar-refractivity contribution in [3.8, 4) is 5.75 Å². The summed E-state index contributed by atoms with van der Waals surface area (Å²) >= 11 is 5.71. The fourth-order valence-electron chi connectivity index (χ4n) is 1.00. The van der Waals surface area contributed by atoms with E-state index in [9.17, 15) is 9.59 Å². The lowest BCUT2D eigenvalue weighted by atomic mass is 10.2. The Morgan fingerprint density at radius 3 is 2.62 bits per heavy atom. The molecule has 0 N–H and O–H groups in total. The molecular formula is C10H10ClNO4. The van der Waals surface area contributed by atoms with E-state index in [-0.39, 0.29) is 17.5 Å². The maximum atomic E-state index is 11.4. The average Bonchev–Trinajstić information content (AvgIpc) is 2.28. The maximum absolute atomic E-state index is 11.4. The van der Waals surface area contributed by atoms with E-state index >= 15 is 0 Å². The molecular weight excluding hydrogens is 234 g/mol. The van der Waals surface area contributed by atoms with Crippen LogP contribution in [0.1, 0.15) is 17.4 Å². The summed E-state index contributed by atoms with van der Waals surface area (Å²) in [7, 11) is 1.43. The van der Waals surface area contributed by atoms with Crippen LogP contribution in [-0.4, -0.2) is 30.5 Å². The lowest BCUT2D eigenvalue weighted by Gasteiger charge is -2.04. The van der Waals surface area contributed by atoms with Crippen molar-refractivity contribution in [1.29, 1.82) is 0 Å². The summed E-state index contributed by atoms with van der Waals surface area (Å²) in [4.78, 5) is 26.3. The molecule has 0 bridgehead atoms. The Kier molecular flexibility index (Phi) is 4.25. The van der Waals surface area contributed by atoms with Crippen LogP contribution in [-0.2, 0) is 9.53 Å². The predicted octanol–water partition coefficient (Wildman–Crippen LogP) is 1.49. The molecule has 1 heterocycles. The number of methoxy groups -OCH3 is 1. The smallest absolute Gasteiger partial charge is 0.381 e. The van der Waals surface area contributed by atoms with Crippen LogP contribution in [0.4, 0.5) is 0 Å². The second-order valence-corrected chi connectivity index (χ2v) is 3.10. The maximum Gasteiger partial charge on any atom is 0.381 e. The number of esters is 1. The molecule has 0 radical (unpaired) electrons. The Morgan fingerprint density at radius 1 is 1.44 bits per heavy atom. The fraction of sp³-hybridized carbons (Fsp3) is 0.300. The van der Waals surface area contributed by atoms with Crippen molar-refractivity contribution >= 4 is 23.4 Å². The molecule has 0 spiro atoms. The van der Waals surface area contributed by atoms with Crippen molar-refractivity contribution < 1.29 is 19.1 Å². The first-order valence-electron chi connectivity index (χ1n) is 4.52. The third-order valence-corrected chi connectivity index (χ3v) is 2.00. The first kappa shape index (κ1) is 12.4. The SMILES string of the molecule is CCOC(=O)C(=O)c1ccc(OC)c(Cl)n1. The van der Waals surface area contributed by atoms with E-state index < -0.39 is 11.8 Å². The minimum Gasteiger partial charge on any atom is -0.494 e. The Hall–Kier alpha value is -1.62. The van der Waals surface area contributed by atoms with Gasteiger partial charge in [-0.05, 0) is 19.1 Å². The Balaban J connectivity index is 2.93. The molecule has 0 saturated heterocycles. The molecule has 0 saturated carbocycles. The highest BCUT2D eigenvalue weighted by Crippen LogP contribution is 2.21. The second-order valence-electron chi connectivity index (χ2n) is 2.74. The molecule has 0 amide bonds. The van der Waals surface area contributed by atoms with Crippen LogP contribution in [0.2, 0.25) is 5.15 Å². The van der Waals surface area contributed by atoms with Gasteiger partial charge in [-0.15, -0.1) is 0 Å². The third kappa shape index (κ3) is 2.70. The van der Waals surface area contributed by atoms with Gasteiger partial charge >= 0.3 is 5.97 Å². The van der Waals surface area contributed by atoms with Crippen LogP contribution in [0.15, 0.2) is 12.1 Å². The van der Waals surface area contributed by atoms with E-state index in [1.165, 1.54) is 19.2 Å². The Morgan fingerprint density at radius 2 is 2.12 bits per heavy atom. The summed E-state index contributed by atoms with van der Waals surface area (Å²) in [5, 5.41) is 0.0256. The van der Waals surface area contributed by atoms with Gasteiger partial charge in [-0.1, -0.05) is 11.6 Å². The topological polar surface area (TPSA) is 65.5 Å². The third-order valence-electron chi connectivity index (χ3n) is 1.73. The largest absolute Gasteiger partial charge is 0.494 e. The Labute approximate surface area is 97.3 Å². The van der Waals surface area contributed by atoms with Crippen LogP contribution in [0.5, 0.6) is 5.75 Å². The lowest BCUT2D eigenvalue weighted by molar-refractivity contribution is -0.137. The van der Waals surface area contributed by atoms with Gasteiger partial charge < -0.3 is 9.47 Å². The number of pyridine rings is 1. The molecule has 6 heteroatoms. The molecule has 5 nitrogen and oxygen atoms in total. The van der Waals surface area contributed by atoms with Gasteiger partial charge in [0.05, 0.1) is 13.7 Å². The fourth-order valence-corrected chi connectivity index (χ4v) is 1.23. The molecule has 0 fully saturated rings. The van der Waals surface area contributed by atoms with Crippen molar-refractivity contribution in [2.75, 3.05) is 13.7 Å². The number of Topliss-reactive ketones (excluding diaryl/α,β-unsaturated/α-hetero) is 1. The number of rotatable bonds is 4. The van der Waals surface area contributed by atoms with Crippen LogP contribution in [0.3, 0.4) is 0 Å². The van der Waals surface area contributed by atoms with Crippen molar-refractivity contribution in [2.24, 2.45) is 0 Å². The monoisotopic (exact) mass is 243 g/mol. The van der Waals surface area contributed by atoms with E-state index in [1.54, 1.807) is 6.92 Å². The molecule has 16 heavy (non-hydrogen) atoms. The molecule has 0 aromatic carbocycles. The van der Waals surface area contributed by atoms with Crippen molar-refractivity contribution in [3.63, 3.8) is 0 Å². The van der Waals surface area contributed by atoms with Gasteiger partial charge in [-0.2, -0.15) is 0 Å². The number of aromatic nitrogens is 1. The highest BCUT2D eigenvalue weighted by Gasteiger charge is 2.20. The van der Waals surface area contributed by atoms with Gasteiger partial charge in [0.2, 0.25) is 0 Å². The average molecular weight is 244 g/mol. The summed E-state index contributed by atoms with van der Waals surface area (Å²) in [6.45, 7) is 1.74. The molecule has 86 valence electrons. The van der Waals surface area contributed by atoms with Gasteiger partial charge in [0.15, 0.2) is 10.9 Å². The van der Waals surface area contributed by atoms with Gasteiger partial charge in [-0.25, -0.2) is 9.78 Å². The van der Waals surface area contributed by atoms with Crippen LogP contribution < -0.4 is 4.74 Å². The van der Waals surface area contributed by atoms with Gasteiger partial charge in [0.1, 0.15) is 5.69 Å². The molecule has 1 aromatic rings. The lowest BCUT2D eigenvalue weighted by Crippen LogP contribution is -2.18. The Bertz CT molecular complexity index is 419. The van der Waals surface area contributed by atoms with Gasteiger partial charge in [-0.3, -0.25) is 4.79 Å². The van der Waals surface area contributed by atoms with E-state index in [4.69, 9.17) is 16.3 Å². The van der Waals surface area contributed by atoms with Gasteiger partial charge in [0.25, 0.3) is 5.78 Å². The molecule has 1 aromatic heterocycles. The van der Waals surface area contributed by atoms with Gasteiger partial charge in [0, 0.05) is 0 Å². The molecule has 0 unspecified atom stereocenters. The first-order valence-corrected chi connectivity index (χ1v) is 4.90. The number of ether oxygens (including phenoxy) is 2. The number of hydrogen-bond acceptors (Lipinski definition) is 5. The van der Waals surface area contributed by atoms with Crippen LogP contribution in [0, 0.1) is 0 Å². The molecule has 1 rings (SSSR count). The number of hydrogen-bond donors (Lipinski definition) is 0. The summed E-state index contributed by atoms with van der Waals surface area (Å²) in [6.07, 6.45) is 0. The molecule has 0 aliphatic rings. The quantitative estimate of drug-likeness (QED) is 0.347. The molecule has 0 aliphatic carbocycles.